The van der Waals surface area contributed by atoms with Crippen LogP contribution in [0.15, 0.2) is 67.3 Å². The van der Waals surface area contributed by atoms with Gasteiger partial charge in [-0.15, -0.1) is 5.10 Å². The lowest BCUT2D eigenvalue weighted by molar-refractivity contribution is 0.0946. The Hall–Kier alpha value is -3.87. The summed E-state index contributed by atoms with van der Waals surface area (Å²) in [5.41, 5.74) is 5.79. The predicted molar refractivity (Wildman–Crippen MR) is 109 cm³/mol. The molecule has 0 radical (unpaired) electrons. The maximum Gasteiger partial charge on any atom is 0.274 e. The summed E-state index contributed by atoms with van der Waals surface area (Å²) >= 11 is 0. The second kappa shape index (κ2) is 8.02. The number of nitrogens with one attached hydrogen (secondary N) is 1. The first kappa shape index (κ1) is 18.5. The molecule has 0 spiro atoms. The number of aryl methyl sites for hydroxylation is 2. The number of carbonyl (C=O) groups excluding carboxylic acids is 1. The van der Waals surface area contributed by atoms with Crippen molar-refractivity contribution < 1.29 is 4.79 Å². The molecule has 0 atom stereocenters. The van der Waals surface area contributed by atoms with E-state index < -0.39 is 0 Å². The molecule has 1 aromatic carbocycles. The summed E-state index contributed by atoms with van der Waals surface area (Å²) in [5, 5.41) is 11.4. The third kappa shape index (κ3) is 3.89. The molecule has 0 unspecified atom stereocenters. The number of rotatable bonds is 5. The minimum atomic E-state index is -0.296. The third-order valence-corrected chi connectivity index (χ3v) is 4.75. The van der Waals surface area contributed by atoms with E-state index >= 15 is 0 Å². The molecule has 7 heteroatoms. The van der Waals surface area contributed by atoms with Crippen LogP contribution < -0.4 is 5.32 Å². The molecule has 0 aliphatic heterocycles. The number of pyridine rings is 2. The molecule has 0 aliphatic rings. The molecule has 3 heterocycles. The van der Waals surface area contributed by atoms with E-state index in [9.17, 15) is 4.79 Å². The smallest absolute Gasteiger partial charge is 0.274 e. The number of carbonyl (C=O) groups is 1. The normalized spacial score (nSPS) is 10.7. The van der Waals surface area contributed by atoms with Crippen molar-refractivity contribution in [3.63, 3.8) is 0 Å². The van der Waals surface area contributed by atoms with Crippen LogP contribution in [-0.2, 0) is 6.54 Å². The van der Waals surface area contributed by atoms with Gasteiger partial charge in [0.05, 0.1) is 5.69 Å². The topological polar surface area (TPSA) is 85.6 Å². The number of amides is 1. The van der Waals surface area contributed by atoms with Gasteiger partial charge >= 0.3 is 0 Å². The Labute approximate surface area is 168 Å². The first-order chi connectivity index (χ1) is 14.1. The minimum absolute atomic E-state index is 0.262. The Morgan fingerprint density at radius 2 is 1.83 bits per heavy atom. The van der Waals surface area contributed by atoms with Crippen LogP contribution in [0.25, 0.3) is 16.9 Å². The summed E-state index contributed by atoms with van der Waals surface area (Å²) in [6, 6.07) is 13.5. The van der Waals surface area contributed by atoms with Gasteiger partial charge in [0.1, 0.15) is 5.69 Å². The van der Waals surface area contributed by atoms with Crippen molar-refractivity contribution in [1.82, 2.24) is 30.3 Å². The molecule has 29 heavy (non-hydrogen) atoms. The van der Waals surface area contributed by atoms with Gasteiger partial charge in [0.2, 0.25) is 0 Å². The first-order valence-electron chi connectivity index (χ1n) is 9.24. The van der Waals surface area contributed by atoms with Crippen LogP contribution in [-0.4, -0.2) is 30.9 Å². The van der Waals surface area contributed by atoms with Crippen molar-refractivity contribution in [2.24, 2.45) is 0 Å². The Morgan fingerprint density at radius 3 is 2.55 bits per heavy atom. The number of benzene rings is 1. The summed E-state index contributed by atoms with van der Waals surface area (Å²) in [5.74, 6) is -0.296. The van der Waals surface area contributed by atoms with E-state index in [0.717, 1.165) is 22.4 Å². The Kier molecular flexibility index (Phi) is 5.11. The largest absolute Gasteiger partial charge is 0.346 e. The van der Waals surface area contributed by atoms with Gasteiger partial charge < -0.3 is 5.32 Å². The van der Waals surface area contributed by atoms with E-state index in [-0.39, 0.29) is 11.6 Å². The predicted octanol–water partition coefficient (Wildman–Crippen LogP) is 3.27. The zero-order valence-electron chi connectivity index (χ0n) is 16.2. The molecule has 0 saturated carbocycles. The van der Waals surface area contributed by atoms with Crippen LogP contribution in [0.3, 0.4) is 0 Å². The van der Waals surface area contributed by atoms with Gasteiger partial charge in [0.25, 0.3) is 5.91 Å². The van der Waals surface area contributed by atoms with Crippen LogP contribution >= 0.6 is 0 Å². The summed E-state index contributed by atoms with van der Waals surface area (Å²) in [6.07, 6.45) is 6.78. The lowest BCUT2D eigenvalue weighted by Crippen LogP contribution is -2.24. The minimum Gasteiger partial charge on any atom is -0.346 e. The summed E-state index contributed by atoms with van der Waals surface area (Å²) in [6.45, 7) is 4.46. The number of aromatic nitrogens is 5. The zero-order valence-corrected chi connectivity index (χ0v) is 16.2. The van der Waals surface area contributed by atoms with Gasteiger partial charge in [-0.2, -0.15) is 0 Å². The van der Waals surface area contributed by atoms with Gasteiger partial charge in [-0.1, -0.05) is 17.3 Å². The highest BCUT2D eigenvalue weighted by Gasteiger charge is 2.22. The van der Waals surface area contributed by atoms with E-state index in [1.807, 2.05) is 49.4 Å². The van der Waals surface area contributed by atoms with Crippen molar-refractivity contribution in [3.8, 4) is 16.9 Å². The molecule has 1 amide bonds. The van der Waals surface area contributed by atoms with E-state index in [4.69, 9.17) is 0 Å². The Bertz CT molecular complexity index is 1140. The van der Waals surface area contributed by atoms with Crippen molar-refractivity contribution in [3.05, 3.63) is 89.6 Å². The molecule has 4 rings (SSSR count). The molecule has 0 bridgehead atoms. The highest BCUT2D eigenvalue weighted by molar-refractivity contribution is 5.98. The van der Waals surface area contributed by atoms with Gasteiger partial charge in [-0.3, -0.25) is 14.8 Å². The maximum atomic E-state index is 12.9. The van der Waals surface area contributed by atoms with Crippen molar-refractivity contribution >= 4 is 5.91 Å². The fourth-order valence-electron chi connectivity index (χ4n) is 3.01. The molecule has 7 nitrogen and oxygen atoms in total. The second-order valence-electron chi connectivity index (χ2n) is 6.75. The van der Waals surface area contributed by atoms with Crippen molar-refractivity contribution in [1.29, 1.82) is 0 Å². The van der Waals surface area contributed by atoms with E-state index in [0.29, 0.717) is 12.2 Å². The van der Waals surface area contributed by atoms with Gasteiger partial charge in [0, 0.05) is 36.9 Å². The zero-order chi connectivity index (χ0) is 20.2. The highest BCUT2D eigenvalue weighted by atomic mass is 16.2. The highest BCUT2D eigenvalue weighted by Crippen LogP contribution is 2.26. The Balaban J connectivity index is 1.73. The monoisotopic (exact) mass is 384 g/mol. The molecule has 1 N–H and O–H groups in total. The van der Waals surface area contributed by atoms with E-state index in [2.05, 4.69) is 32.5 Å². The molecule has 3 aromatic heterocycles. The van der Waals surface area contributed by atoms with Gasteiger partial charge in [-0.25, -0.2) is 4.68 Å². The van der Waals surface area contributed by atoms with Crippen LogP contribution in [0.1, 0.15) is 27.2 Å². The second-order valence-corrected chi connectivity index (χ2v) is 6.75. The average molecular weight is 384 g/mol. The van der Waals surface area contributed by atoms with Gasteiger partial charge in [0.15, 0.2) is 5.69 Å². The standard InChI is InChI=1S/C22H20N6O/c1-15-5-6-19(12-16(15)2)28-21(18-7-10-23-11-8-18)20(26-27-28)22(29)25-14-17-4-3-9-24-13-17/h3-13H,14H2,1-2H3,(H,25,29). The van der Waals surface area contributed by atoms with Crippen LogP contribution in [0.2, 0.25) is 0 Å². The fraction of sp³-hybridized carbons (Fsp3) is 0.136. The molecular weight excluding hydrogens is 364 g/mol. The fourth-order valence-corrected chi connectivity index (χ4v) is 3.01. The first-order valence-corrected chi connectivity index (χ1v) is 9.24. The number of nitrogens with zero attached hydrogens (tertiary/aromatic N) is 5. The molecular formula is C22H20N6O. The molecule has 0 saturated heterocycles. The molecule has 0 fully saturated rings. The molecule has 4 aromatic rings. The van der Waals surface area contributed by atoms with E-state index in [1.54, 1.807) is 29.5 Å². The van der Waals surface area contributed by atoms with Crippen molar-refractivity contribution in [2.45, 2.75) is 20.4 Å². The number of hydrogen-bond acceptors (Lipinski definition) is 5. The lowest BCUT2D eigenvalue weighted by Gasteiger charge is -2.10. The molecule has 0 aliphatic carbocycles. The third-order valence-electron chi connectivity index (χ3n) is 4.75. The quantitative estimate of drug-likeness (QED) is 0.571. The van der Waals surface area contributed by atoms with Crippen LogP contribution in [0.5, 0.6) is 0 Å². The van der Waals surface area contributed by atoms with Crippen molar-refractivity contribution in [2.75, 3.05) is 0 Å². The lowest BCUT2D eigenvalue weighted by atomic mass is 10.1. The summed E-state index contributed by atoms with van der Waals surface area (Å²) < 4.78 is 1.70. The SMILES string of the molecule is Cc1ccc(-n2nnc(C(=O)NCc3cccnc3)c2-c2ccncc2)cc1C. The molecule has 144 valence electrons. The van der Waals surface area contributed by atoms with E-state index in [1.165, 1.54) is 5.56 Å². The maximum absolute atomic E-state index is 12.9. The van der Waals surface area contributed by atoms with Crippen LogP contribution in [0.4, 0.5) is 0 Å². The number of hydrogen-bond donors (Lipinski definition) is 1. The van der Waals surface area contributed by atoms with Crippen LogP contribution in [0, 0.1) is 13.8 Å². The summed E-state index contributed by atoms with van der Waals surface area (Å²) in [4.78, 5) is 21.1. The summed E-state index contributed by atoms with van der Waals surface area (Å²) in [7, 11) is 0. The average Bonchev–Trinajstić information content (AvgIpc) is 3.20. The van der Waals surface area contributed by atoms with Gasteiger partial charge in [-0.05, 0) is 60.9 Å². The Morgan fingerprint density at radius 1 is 1.00 bits per heavy atom.